The van der Waals surface area contributed by atoms with Crippen molar-refractivity contribution >= 4 is 16.7 Å². The van der Waals surface area contributed by atoms with Crippen LogP contribution >= 0.6 is 0 Å². The third kappa shape index (κ3) is 4.46. The SMILES string of the molecule is C[C@H](CO)NC(=O)c1ccc2c(Oc3ccc(C(C)(F)F)cc3)cccc2c1. The van der Waals surface area contributed by atoms with E-state index in [1.54, 1.807) is 37.3 Å². The quantitative estimate of drug-likeness (QED) is 0.637. The number of hydrogen-bond acceptors (Lipinski definition) is 3. The van der Waals surface area contributed by atoms with E-state index >= 15 is 0 Å². The summed E-state index contributed by atoms with van der Waals surface area (Å²) in [5, 5.41) is 13.4. The van der Waals surface area contributed by atoms with Crippen LogP contribution in [0.25, 0.3) is 10.8 Å². The second-order valence-corrected chi connectivity index (χ2v) is 6.76. The van der Waals surface area contributed by atoms with E-state index in [9.17, 15) is 13.6 Å². The van der Waals surface area contributed by atoms with E-state index in [-0.39, 0.29) is 24.1 Å². The van der Waals surface area contributed by atoms with Crippen LogP contribution in [0.15, 0.2) is 60.7 Å². The van der Waals surface area contributed by atoms with Crippen molar-refractivity contribution < 1.29 is 23.4 Å². The number of aliphatic hydroxyl groups is 1. The number of carbonyl (C=O) groups excluding carboxylic acids is 1. The van der Waals surface area contributed by atoms with Crippen LogP contribution in [-0.2, 0) is 5.92 Å². The summed E-state index contributed by atoms with van der Waals surface area (Å²) < 4.78 is 32.5. The van der Waals surface area contributed by atoms with Gasteiger partial charge < -0.3 is 15.2 Å². The summed E-state index contributed by atoms with van der Waals surface area (Å²) in [5.41, 5.74) is 0.394. The van der Waals surface area contributed by atoms with Gasteiger partial charge in [0.1, 0.15) is 11.5 Å². The Labute approximate surface area is 161 Å². The number of fused-ring (bicyclic) bond motifs is 1. The molecule has 4 nitrogen and oxygen atoms in total. The summed E-state index contributed by atoms with van der Waals surface area (Å²) in [6.07, 6.45) is 0. The number of nitrogens with one attached hydrogen (secondary N) is 1. The molecule has 28 heavy (non-hydrogen) atoms. The third-order valence-corrected chi connectivity index (χ3v) is 4.34. The zero-order valence-corrected chi connectivity index (χ0v) is 15.6. The maximum Gasteiger partial charge on any atom is 0.270 e. The molecule has 6 heteroatoms. The van der Waals surface area contributed by atoms with Gasteiger partial charge in [-0.15, -0.1) is 0 Å². The number of amides is 1. The summed E-state index contributed by atoms with van der Waals surface area (Å²) in [4.78, 5) is 12.2. The first-order valence-corrected chi connectivity index (χ1v) is 8.88. The predicted molar refractivity (Wildman–Crippen MR) is 104 cm³/mol. The Morgan fingerprint density at radius 1 is 1.14 bits per heavy atom. The van der Waals surface area contributed by atoms with E-state index in [0.717, 1.165) is 17.7 Å². The van der Waals surface area contributed by atoms with Crippen LogP contribution in [0, 0.1) is 0 Å². The highest BCUT2D eigenvalue weighted by Crippen LogP contribution is 2.33. The fraction of sp³-hybridized carbons (Fsp3) is 0.227. The van der Waals surface area contributed by atoms with Gasteiger partial charge in [0.05, 0.1) is 6.61 Å². The van der Waals surface area contributed by atoms with E-state index in [0.29, 0.717) is 17.1 Å². The average molecular weight is 385 g/mol. The van der Waals surface area contributed by atoms with Gasteiger partial charge in [-0.1, -0.05) is 12.1 Å². The molecule has 1 atom stereocenters. The van der Waals surface area contributed by atoms with Crippen molar-refractivity contribution in [1.82, 2.24) is 5.32 Å². The van der Waals surface area contributed by atoms with Gasteiger partial charge in [-0.05, 0) is 60.8 Å². The minimum absolute atomic E-state index is 0.0782. The minimum atomic E-state index is -2.90. The van der Waals surface area contributed by atoms with Gasteiger partial charge in [0.2, 0.25) is 0 Å². The van der Waals surface area contributed by atoms with Gasteiger partial charge in [0.25, 0.3) is 11.8 Å². The maximum atomic E-state index is 13.3. The minimum Gasteiger partial charge on any atom is -0.457 e. The molecule has 0 aliphatic rings. The van der Waals surface area contributed by atoms with E-state index < -0.39 is 5.92 Å². The van der Waals surface area contributed by atoms with Gasteiger partial charge in [-0.2, -0.15) is 0 Å². The number of halogens is 2. The summed E-state index contributed by atoms with van der Waals surface area (Å²) in [7, 11) is 0. The monoisotopic (exact) mass is 385 g/mol. The Hall–Kier alpha value is -2.99. The molecule has 0 spiro atoms. The first kappa shape index (κ1) is 19.8. The molecule has 0 aromatic heterocycles. The van der Waals surface area contributed by atoms with Crippen LogP contribution in [0.5, 0.6) is 11.5 Å². The lowest BCUT2D eigenvalue weighted by Crippen LogP contribution is -2.34. The Morgan fingerprint density at radius 2 is 1.86 bits per heavy atom. The average Bonchev–Trinajstić information content (AvgIpc) is 2.67. The van der Waals surface area contributed by atoms with Gasteiger partial charge in [-0.3, -0.25) is 4.79 Å². The number of rotatable bonds is 6. The molecule has 0 fully saturated rings. The molecular weight excluding hydrogens is 364 g/mol. The Morgan fingerprint density at radius 3 is 2.50 bits per heavy atom. The van der Waals surface area contributed by atoms with Crippen LogP contribution in [0.2, 0.25) is 0 Å². The van der Waals surface area contributed by atoms with Crippen LogP contribution in [0.3, 0.4) is 0 Å². The molecule has 0 saturated heterocycles. The van der Waals surface area contributed by atoms with Crippen LogP contribution in [0.4, 0.5) is 8.78 Å². The number of benzene rings is 3. The highest BCUT2D eigenvalue weighted by atomic mass is 19.3. The molecule has 0 saturated carbocycles. The zero-order chi connectivity index (χ0) is 20.3. The molecule has 0 unspecified atom stereocenters. The van der Waals surface area contributed by atoms with E-state index in [1.165, 1.54) is 24.3 Å². The molecule has 3 aromatic carbocycles. The first-order valence-electron chi connectivity index (χ1n) is 8.88. The lowest BCUT2D eigenvalue weighted by atomic mass is 10.1. The topological polar surface area (TPSA) is 58.6 Å². The molecule has 3 rings (SSSR count). The lowest BCUT2D eigenvalue weighted by Gasteiger charge is -2.13. The molecule has 146 valence electrons. The van der Waals surface area contributed by atoms with Crippen molar-refractivity contribution in [2.75, 3.05) is 6.61 Å². The molecule has 0 bridgehead atoms. The lowest BCUT2D eigenvalue weighted by molar-refractivity contribution is 0.0174. The fourth-order valence-electron chi connectivity index (χ4n) is 2.78. The van der Waals surface area contributed by atoms with Crippen molar-refractivity contribution in [2.45, 2.75) is 25.8 Å². The van der Waals surface area contributed by atoms with Gasteiger partial charge in [-0.25, -0.2) is 8.78 Å². The van der Waals surface area contributed by atoms with Crippen molar-refractivity contribution in [1.29, 1.82) is 0 Å². The Bertz CT molecular complexity index is 981. The molecule has 0 radical (unpaired) electrons. The summed E-state index contributed by atoms with van der Waals surface area (Å²) >= 11 is 0. The number of carbonyl (C=O) groups is 1. The fourth-order valence-corrected chi connectivity index (χ4v) is 2.78. The highest BCUT2D eigenvalue weighted by Gasteiger charge is 2.23. The smallest absolute Gasteiger partial charge is 0.270 e. The molecular formula is C22H21F2NO3. The predicted octanol–water partition coefficient (Wildman–Crippen LogP) is 4.85. The maximum absolute atomic E-state index is 13.3. The molecule has 0 aliphatic carbocycles. The van der Waals surface area contributed by atoms with Crippen molar-refractivity contribution in [3.63, 3.8) is 0 Å². The number of alkyl halides is 2. The van der Waals surface area contributed by atoms with E-state index in [2.05, 4.69) is 5.32 Å². The number of aliphatic hydroxyl groups excluding tert-OH is 1. The second kappa shape index (κ2) is 7.94. The molecule has 2 N–H and O–H groups in total. The third-order valence-electron chi connectivity index (χ3n) is 4.34. The Balaban J connectivity index is 1.85. The van der Waals surface area contributed by atoms with Crippen LogP contribution in [0.1, 0.15) is 29.8 Å². The summed E-state index contributed by atoms with van der Waals surface area (Å²) in [6, 6.07) is 16.0. The summed E-state index contributed by atoms with van der Waals surface area (Å²) in [5.74, 6) is -2.17. The molecule has 0 heterocycles. The largest absolute Gasteiger partial charge is 0.457 e. The standard InChI is InChI=1S/C22H21F2NO3/c1-14(13-26)25-21(27)16-6-11-19-15(12-16)4-3-5-20(19)28-18-9-7-17(8-10-18)22(2,23)24/h3-12,14,26H,13H2,1-2H3,(H,25,27)/t14-/m1/s1. The normalized spacial score (nSPS) is 12.6. The van der Waals surface area contributed by atoms with Gasteiger partial charge in [0, 0.05) is 29.5 Å². The first-order chi connectivity index (χ1) is 13.3. The Kier molecular flexibility index (Phi) is 5.61. The number of hydrogen-bond donors (Lipinski definition) is 2. The summed E-state index contributed by atoms with van der Waals surface area (Å²) in [6.45, 7) is 2.42. The molecule has 1 amide bonds. The zero-order valence-electron chi connectivity index (χ0n) is 15.6. The van der Waals surface area contributed by atoms with E-state index in [1.807, 2.05) is 6.07 Å². The molecule has 0 aliphatic heterocycles. The van der Waals surface area contributed by atoms with Crippen molar-refractivity contribution in [3.8, 4) is 11.5 Å². The van der Waals surface area contributed by atoms with Gasteiger partial charge >= 0.3 is 0 Å². The van der Waals surface area contributed by atoms with Crippen LogP contribution in [-0.4, -0.2) is 23.7 Å². The van der Waals surface area contributed by atoms with Crippen LogP contribution < -0.4 is 10.1 Å². The highest BCUT2D eigenvalue weighted by molar-refractivity contribution is 6.00. The number of ether oxygens (including phenoxy) is 1. The van der Waals surface area contributed by atoms with Crippen molar-refractivity contribution in [3.05, 3.63) is 71.8 Å². The van der Waals surface area contributed by atoms with E-state index in [4.69, 9.17) is 9.84 Å². The van der Waals surface area contributed by atoms with Crippen molar-refractivity contribution in [2.24, 2.45) is 0 Å². The second-order valence-electron chi connectivity index (χ2n) is 6.76. The molecule has 3 aromatic rings. The van der Waals surface area contributed by atoms with Gasteiger partial charge in [0.15, 0.2) is 0 Å².